The molecule has 0 aliphatic carbocycles. The van der Waals surface area contributed by atoms with Crippen molar-refractivity contribution in [1.29, 1.82) is 0 Å². The van der Waals surface area contributed by atoms with Crippen LogP contribution in [0.3, 0.4) is 0 Å². The summed E-state index contributed by atoms with van der Waals surface area (Å²) >= 11 is 0. The first kappa shape index (κ1) is 17.0. The second kappa shape index (κ2) is 6.94. The topological polar surface area (TPSA) is 26.3 Å². The van der Waals surface area contributed by atoms with Gasteiger partial charge in [0, 0.05) is 5.56 Å². The number of esters is 1. The molecule has 25 heavy (non-hydrogen) atoms. The van der Waals surface area contributed by atoms with Crippen LogP contribution in [0.1, 0.15) is 32.6 Å². The zero-order valence-electron chi connectivity index (χ0n) is 15.1. The van der Waals surface area contributed by atoms with Gasteiger partial charge in [-0.1, -0.05) is 48.5 Å². The Bertz CT molecular complexity index is 924. The van der Waals surface area contributed by atoms with Crippen LogP contribution in [0.4, 0.5) is 0 Å². The summed E-state index contributed by atoms with van der Waals surface area (Å²) in [4.78, 5) is 12.6. The Morgan fingerprint density at radius 3 is 2.08 bits per heavy atom. The molecule has 0 N–H and O–H groups in total. The van der Waals surface area contributed by atoms with Crippen LogP contribution in [0.2, 0.25) is 0 Å². The van der Waals surface area contributed by atoms with Crippen LogP contribution in [0.5, 0.6) is 5.75 Å². The molecule has 0 aromatic heterocycles. The highest BCUT2D eigenvalue weighted by Gasteiger charge is 2.17. The van der Waals surface area contributed by atoms with Gasteiger partial charge in [0.1, 0.15) is 5.75 Å². The lowest BCUT2D eigenvalue weighted by atomic mass is 9.93. The van der Waals surface area contributed by atoms with Crippen molar-refractivity contribution in [2.75, 3.05) is 0 Å². The van der Waals surface area contributed by atoms with E-state index in [2.05, 4.69) is 32.0 Å². The van der Waals surface area contributed by atoms with E-state index in [0.717, 1.165) is 22.3 Å². The van der Waals surface area contributed by atoms with Crippen molar-refractivity contribution < 1.29 is 9.53 Å². The van der Waals surface area contributed by atoms with E-state index in [0.29, 0.717) is 11.3 Å². The third-order valence-corrected chi connectivity index (χ3v) is 4.78. The molecule has 0 bridgehead atoms. The molecule has 0 amide bonds. The summed E-state index contributed by atoms with van der Waals surface area (Å²) in [5.74, 6) is 0.309. The van der Waals surface area contributed by atoms with Gasteiger partial charge < -0.3 is 4.74 Å². The molecular weight excluding hydrogens is 308 g/mol. The Balaban J connectivity index is 2.11. The van der Waals surface area contributed by atoms with E-state index in [4.69, 9.17) is 4.74 Å². The first-order valence-corrected chi connectivity index (χ1v) is 8.43. The van der Waals surface area contributed by atoms with Crippen molar-refractivity contribution >= 4 is 5.97 Å². The van der Waals surface area contributed by atoms with Gasteiger partial charge >= 0.3 is 5.97 Å². The molecule has 0 aliphatic heterocycles. The van der Waals surface area contributed by atoms with Gasteiger partial charge in [0.25, 0.3) is 0 Å². The van der Waals surface area contributed by atoms with Gasteiger partial charge in [0.15, 0.2) is 0 Å². The number of hydrogen-bond acceptors (Lipinski definition) is 2. The van der Waals surface area contributed by atoms with Gasteiger partial charge in [-0.15, -0.1) is 0 Å². The molecule has 2 heteroatoms. The van der Waals surface area contributed by atoms with Crippen LogP contribution in [0.25, 0.3) is 11.1 Å². The van der Waals surface area contributed by atoms with Crippen molar-refractivity contribution in [3.63, 3.8) is 0 Å². The highest BCUT2D eigenvalue weighted by Crippen LogP contribution is 2.37. The summed E-state index contributed by atoms with van der Waals surface area (Å²) < 4.78 is 5.85. The second-order valence-corrected chi connectivity index (χ2v) is 6.39. The minimum Gasteiger partial charge on any atom is -0.422 e. The molecule has 126 valence electrons. The van der Waals surface area contributed by atoms with E-state index < -0.39 is 0 Å². The Morgan fingerprint density at radius 2 is 1.36 bits per heavy atom. The summed E-state index contributed by atoms with van der Waals surface area (Å²) in [6.45, 7) is 8.22. The molecule has 3 aromatic carbocycles. The van der Waals surface area contributed by atoms with Crippen LogP contribution in [0, 0.1) is 27.7 Å². The summed E-state index contributed by atoms with van der Waals surface area (Å²) in [7, 11) is 0. The molecule has 3 rings (SSSR count). The van der Waals surface area contributed by atoms with Crippen LogP contribution >= 0.6 is 0 Å². The standard InChI is InChI=1S/C23H22O2/c1-15-9-8-12-20(17(15)3)21-14-13-16(2)18(4)22(21)25-23(24)19-10-6-5-7-11-19/h5-14H,1-4H3. The molecule has 0 radical (unpaired) electrons. The fourth-order valence-electron chi connectivity index (χ4n) is 2.90. The maximum absolute atomic E-state index is 12.6. The minimum atomic E-state index is -0.333. The number of aryl methyl sites for hydroxylation is 2. The zero-order valence-corrected chi connectivity index (χ0v) is 15.1. The SMILES string of the molecule is Cc1cccc(-c2ccc(C)c(C)c2OC(=O)c2ccccc2)c1C. The van der Waals surface area contributed by atoms with Gasteiger partial charge in [-0.2, -0.15) is 0 Å². The quantitative estimate of drug-likeness (QED) is 0.448. The number of rotatable bonds is 3. The second-order valence-electron chi connectivity index (χ2n) is 6.39. The van der Waals surface area contributed by atoms with Crippen molar-refractivity contribution in [2.24, 2.45) is 0 Å². The Morgan fingerprint density at radius 1 is 0.680 bits per heavy atom. The number of hydrogen-bond donors (Lipinski definition) is 0. The maximum Gasteiger partial charge on any atom is 0.343 e. The van der Waals surface area contributed by atoms with E-state index in [1.54, 1.807) is 12.1 Å². The van der Waals surface area contributed by atoms with Crippen molar-refractivity contribution in [3.05, 3.63) is 88.5 Å². The minimum absolute atomic E-state index is 0.333. The van der Waals surface area contributed by atoms with Gasteiger partial charge in [-0.05, 0) is 67.6 Å². The number of carbonyl (C=O) groups is 1. The molecule has 0 saturated carbocycles. The lowest BCUT2D eigenvalue weighted by molar-refractivity contribution is 0.0734. The maximum atomic E-state index is 12.6. The summed E-state index contributed by atoms with van der Waals surface area (Å²) in [5.41, 5.74) is 7.11. The lowest BCUT2D eigenvalue weighted by Gasteiger charge is -2.17. The third kappa shape index (κ3) is 3.34. The average Bonchev–Trinajstić information content (AvgIpc) is 2.62. The van der Waals surface area contributed by atoms with Gasteiger partial charge in [-0.25, -0.2) is 4.79 Å². The average molecular weight is 330 g/mol. The van der Waals surface area contributed by atoms with E-state index in [1.165, 1.54) is 11.1 Å². The van der Waals surface area contributed by atoms with Crippen molar-refractivity contribution in [1.82, 2.24) is 0 Å². The Labute approximate surface area is 149 Å². The normalized spacial score (nSPS) is 10.6. The van der Waals surface area contributed by atoms with Crippen LogP contribution in [0.15, 0.2) is 60.7 Å². The number of carbonyl (C=O) groups excluding carboxylic acids is 1. The molecule has 0 heterocycles. The molecule has 0 atom stereocenters. The van der Waals surface area contributed by atoms with Gasteiger partial charge in [0.05, 0.1) is 5.56 Å². The molecular formula is C23H22O2. The molecule has 0 spiro atoms. The molecule has 2 nitrogen and oxygen atoms in total. The molecule has 0 fully saturated rings. The Hall–Kier alpha value is -2.87. The van der Waals surface area contributed by atoms with Gasteiger partial charge in [0.2, 0.25) is 0 Å². The fraction of sp³-hybridized carbons (Fsp3) is 0.174. The predicted octanol–water partition coefficient (Wildman–Crippen LogP) is 5.81. The van der Waals surface area contributed by atoms with E-state index in [9.17, 15) is 4.79 Å². The predicted molar refractivity (Wildman–Crippen MR) is 102 cm³/mol. The van der Waals surface area contributed by atoms with Crippen LogP contribution in [-0.2, 0) is 0 Å². The van der Waals surface area contributed by atoms with Crippen LogP contribution < -0.4 is 4.74 Å². The molecule has 3 aromatic rings. The van der Waals surface area contributed by atoms with Crippen molar-refractivity contribution in [3.8, 4) is 16.9 Å². The molecule has 0 aliphatic rings. The third-order valence-electron chi connectivity index (χ3n) is 4.78. The van der Waals surface area contributed by atoms with E-state index >= 15 is 0 Å². The summed E-state index contributed by atoms with van der Waals surface area (Å²) in [6.07, 6.45) is 0. The first-order chi connectivity index (χ1) is 12.0. The van der Waals surface area contributed by atoms with Crippen molar-refractivity contribution in [2.45, 2.75) is 27.7 Å². The monoisotopic (exact) mass is 330 g/mol. The highest BCUT2D eigenvalue weighted by atomic mass is 16.5. The summed E-state index contributed by atoms with van der Waals surface area (Å²) in [5, 5.41) is 0. The number of ether oxygens (including phenoxy) is 1. The van der Waals surface area contributed by atoms with Gasteiger partial charge in [-0.3, -0.25) is 0 Å². The smallest absolute Gasteiger partial charge is 0.343 e. The largest absolute Gasteiger partial charge is 0.422 e. The first-order valence-electron chi connectivity index (χ1n) is 8.43. The Kier molecular flexibility index (Phi) is 4.71. The molecule has 0 saturated heterocycles. The number of benzene rings is 3. The summed E-state index contributed by atoms with van der Waals surface area (Å²) in [6, 6.07) is 19.4. The van der Waals surface area contributed by atoms with E-state index in [1.807, 2.05) is 44.2 Å². The van der Waals surface area contributed by atoms with E-state index in [-0.39, 0.29) is 5.97 Å². The molecule has 0 unspecified atom stereocenters. The highest BCUT2D eigenvalue weighted by molar-refractivity contribution is 5.92. The van der Waals surface area contributed by atoms with Crippen LogP contribution in [-0.4, -0.2) is 5.97 Å². The lowest BCUT2D eigenvalue weighted by Crippen LogP contribution is -2.10. The fourth-order valence-corrected chi connectivity index (χ4v) is 2.90. The zero-order chi connectivity index (χ0) is 18.0.